The lowest BCUT2D eigenvalue weighted by molar-refractivity contribution is -0.119. The lowest BCUT2D eigenvalue weighted by atomic mass is 10.1. The highest BCUT2D eigenvalue weighted by Gasteiger charge is 2.39. The molecule has 1 aliphatic rings. The van der Waals surface area contributed by atoms with Crippen molar-refractivity contribution in [3.8, 4) is 17.0 Å². The Hall–Kier alpha value is -3.08. The SMILES string of the molecule is COc1ccc(S(=O)(=O)N2CCCC2C(=O)Nc2nc(-c3ccccc3)c(C(C)=O)s2)cc1. The first-order valence-corrected chi connectivity index (χ1v) is 12.6. The standard InChI is InChI=1S/C23H23N3O5S2/c1-15(27)21-20(16-7-4-3-5-8-16)24-23(32-21)25-22(28)19-9-6-14-26(19)33(29,30)18-12-10-17(31-2)11-13-18/h3-5,7-8,10-13,19H,6,9,14H2,1-2H3,(H,24,25,28). The zero-order valence-electron chi connectivity index (χ0n) is 18.1. The number of sulfonamides is 1. The molecule has 3 aromatic rings. The van der Waals surface area contributed by atoms with Crippen LogP contribution >= 0.6 is 11.3 Å². The molecule has 2 aromatic carbocycles. The molecule has 1 fully saturated rings. The highest BCUT2D eigenvalue weighted by atomic mass is 32.2. The summed E-state index contributed by atoms with van der Waals surface area (Å²) in [5, 5.41) is 2.99. The second-order valence-corrected chi connectivity index (χ2v) is 10.4. The van der Waals surface area contributed by atoms with Gasteiger partial charge in [0.15, 0.2) is 10.9 Å². The monoisotopic (exact) mass is 485 g/mol. The van der Waals surface area contributed by atoms with Gasteiger partial charge in [-0.2, -0.15) is 4.31 Å². The summed E-state index contributed by atoms with van der Waals surface area (Å²) in [5.41, 5.74) is 1.27. The largest absolute Gasteiger partial charge is 0.497 e. The number of carbonyl (C=O) groups is 2. The van der Waals surface area contributed by atoms with Gasteiger partial charge in [-0.3, -0.25) is 9.59 Å². The predicted molar refractivity (Wildman–Crippen MR) is 126 cm³/mol. The van der Waals surface area contributed by atoms with Gasteiger partial charge in [-0.15, -0.1) is 0 Å². The number of anilines is 1. The second kappa shape index (κ2) is 9.42. The Kier molecular flexibility index (Phi) is 6.59. The lowest BCUT2D eigenvalue weighted by Crippen LogP contribution is -2.43. The van der Waals surface area contributed by atoms with Crippen LogP contribution in [0.1, 0.15) is 29.4 Å². The van der Waals surface area contributed by atoms with Gasteiger partial charge in [-0.25, -0.2) is 13.4 Å². The van der Waals surface area contributed by atoms with E-state index in [2.05, 4.69) is 10.3 Å². The third-order valence-electron chi connectivity index (χ3n) is 5.40. The van der Waals surface area contributed by atoms with Crippen LogP contribution < -0.4 is 10.1 Å². The molecule has 0 bridgehead atoms. The van der Waals surface area contributed by atoms with Gasteiger partial charge in [0, 0.05) is 19.0 Å². The van der Waals surface area contributed by atoms with E-state index in [4.69, 9.17) is 4.74 Å². The summed E-state index contributed by atoms with van der Waals surface area (Å²) in [5.74, 6) is -0.0755. The number of methoxy groups -OCH3 is 1. The number of amides is 1. The molecule has 1 aromatic heterocycles. The molecule has 8 nitrogen and oxygen atoms in total. The zero-order chi connectivity index (χ0) is 23.6. The Bertz CT molecular complexity index is 1270. The quantitative estimate of drug-likeness (QED) is 0.510. The molecule has 1 atom stereocenters. The molecule has 33 heavy (non-hydrogen) atoms. The van der Waals surface area contributed by atoms with Crippen molar-refractivity contribution in [1.29, 1.82) is 0 Å². The van der Waals surface area contributed by atoms with Crippen molar-refractivity contribution < 1.29 is 22.7 Å². The number of ether oxygens (including phenoxy) is 1. The number of thiazole rings is 1. The minimum atomic E-state index is -3.86. The Balaban J connectivity index is 1.57. The van der Waals surface area contributed by atoms with Crippen LogP contribution in [0.5, 0.6) is 5.75 Å². The number of carbonyl (C=O) groups excluding carboxylic acids is 2. The fourth-order valence-corrected chi connectivity index (χ4v) is 6.31. The van der Waals surface area contributed by atoms with E-state index in [9.17, 15) is 18.0 Å². The number of Topliss-reactive ketones (excluding diaryl/α,β-unsaturated/α-hetero) is 1. The van der Waals surface area contributed by atoms with Gasteiger partial charge in [-0.05, 0) is 37.1 Å². The summed E-state index contributed by atoms with van der Waals surface area (Å²) < 4.78 is 32.7. The Labute approximate surface area is 196 Å². The maximum absolute atomic E-state index is 13.2. The van der Waals surface area contributed by atoms with Crippen molar-refractivity contribution in [1.82, 2.24) is 9.29 Å². The zero-order valence-corrected chi connectivity index (χ0v) is 19.8. The molecule has 4 rings (SSSR count). The van der Waals surface area contributed by atoms with Crippen LogP contribution in [0.2, 0.25) is 0 Å². The molecule has 172 valence electrons. The third-order valence-corrected chi connectivity index (χ3v) is 8.39. The molecule has 1 aliphatic heterocycles. The van der Waals surface area contributed by atoms with Gasteiger partial charge in [0.2, 0.25) is 15.9 Å². The fraction of sp³-hybridized carbons (Fsp3) is 0.261. The van der Waals surface area contributed by atoms with Gasteiger partial charge in [0.25, 0.3) is 0 Å². The minimum absolute atomic E-state index is 0.0995. The van der Waals surface area contributed by atoms with Gasteiger partial charge < -0.3 is 10.1 Å². The van der Waals surface area contributed by atoms with Crippen LogP contribution in [-0.4, -0.2) is 49.1 Å². The van der Waals surface area contributed by atoms with Crippen molar-refractivity contribution in [3.05, 3.63) is 59.5 Å². The van der Waals surface area contributed by atoms with Crippen LogP contribution in [0.4, 0.5) is 5.13 Å². The molecule has 1 saturated heterocycles. The maximum Gasteiger partial charge on any atom is 0.244 e. The van der Waals surface area contributed by atoms with Gasteiger partial charge >= 0.3 is 0 Å². The van der Waals surface area contributed by atoms with Crippen LogP contribution in [-0.2, 0) is 14.8 Å². The van der Waals surface area contributed by atoms with Gasteiger partial charge in [-0.1, -0.05) is 41.7 Å². The Morgan fingerprint density at radius 3 is 2.45 bits per heavy atom. The van der Waals surface area contributed by atoms with Gasteiger partial charge in [0.05, 0.1) is 22.6 Å². The summed E-state index contributed by atoms with van der Waals surface area (Å²) in [6.45, 7) is 1.70. The average Bonchev–Trinajstić information content (AvgIpc) is 3.48. The van der Waals surface area contributed by atoms with Crippen LogP contribution in [0.15, 0.2) is 59.5 Å². The highest BCUT2D eigenvalue weighted by Crippen LogP contribution is 2.33. The number of nitrogens with one attached hydrogen (secondary N) is 1. The van der Waals surface area contributed by atoms with Crippen molar-refractivity contribution in [3.63, 3.8) is 0 Å². The van der Waals surface area contributed by atoms with E-state index in [1.54, 1.807) is 12.1 Å². The summed E-state index contributed by atoms with van der Waals surface area (Å²) in [6.07, 6.45) is 0.969. The van der Waals surface area contributed by atoms with E-state index < -0.39 is 22.0 Å². The fourth-order valence-electron chi connectivity index (χ4n) is 3.77. The highest BCUT2D eigenvalue weighted by molar-refractivity contribution is 7.89. The number of benzene rings is 2. The third kappa shape index (κ3) is 4.68. The van der Waals surface area contributed by atoms with Crippen molar-refractivity contribution >= 4 is 38.2 Å². The molecule has 1 unspecified atom stereocenters. The first-order chi connectivity index (χ1) is 15.8. The van der Waals surface area contributed by atoms with Crippen LogP contribution in [0, 0.1) is 0 Å². The van der Waals surface area contributed by atoms with E-state index in [0.29, 0.717) is 29.2 Å². The summed E-state index contributed by atoms with van der Waals surface area (Å²) in [6, 6.07) is 14.5. The van der Waals surface area contributed by atoms with E-state index in [0.717, 1.165) is 16.9 Å². The normalized spacial score (nSPS) is 16.5. The van der Waals surface area contributed by atoms with Crippen molar-refractivity contribution in [2.24, 2.45) is 0 Å². The average molecular weight is 486 g/mol. The summed E-state index contributed by atoms with van der Waals surface area (Å²) in [7, 11) is -2.36. The number of hydrogen-bond acceptors (Lipinski definition) is 7. The second-order valence-electron chi connectivity index (χ2n) is 7.56. The molecule has 0 radical (unpaired) electrons. The Morgan fingerprint density at radius 2 is 1.82 bits per heavy atom. The number of ketones is 1. The molecule has 1 N–H and O–H groups in total. The molecule has 2 heterocycles. The number of hydrogen-bond donors (Lipinski definition) is 1. The van der Waals surface area contributed by atoms with Gasteiger partial charge in [0.1, 0.15) is 11.8 Å². The first-order valence-electron chi connectivity index (χ1n) is 10.3. The van der Waals surface area contributed by atoms with Crippen molar-refractivity contribution in [2.45, 2.75) is 30.7 Å². The Morgan fingerprint density at radius 1 is 1.12 bits per heavy atom. The lowest BCUT2D eigenvalue weighted by Gasteiger charge is -2.23. The molecule has 1 amide bonds. The van der Waals surface area contributed by atoms with Crippen LogP contribution in [0.3, 0.4) is 0 Å². The summed E-state index contributed by atoms with van der Waals surface area (Å²) >= 11 is 1.08. The van der Waals surface area contributed by atoms with E-state index in [1.165, 1.54) is 30.5 Å². The first kappa shape index (κ1) is 23.1. The molecule has 0 saturated carbocycles. The van der Waals surface area contributed by atoms with E-state index >= 15 is 0 Å². The number of rotatable bonds is 7. The minimum Gasteiger partial charge on any atom is -0.497 e. The van der Waals surface area contributed by atoms with E-state index in [-0.39, 0.29) is 22.4 Å². The number of nitrogens with zero attached hydrogens (tertiary/aromatic N) is 2. The predicted octanol–water partition coefficient (Wildman–Crippen LogP) is 3.81. The molecular weight excluding hydrogens is 462 g/mol. The summed E-state index contributed by atoms with van der Waals surface area (Å²) in [4.78, 5) is 30.2. The molecular formula is C23H23N3O5S2. The molecule has 0 aliphatic carbocycles. The number of aromatic nitrogens is 1. The maximum atomic E-state index is 13.2. The van der Waals surface area contributed by atoms with Crippen molar-refractivity contribution in [2.75, 3.05) is 19.0 Å². The topological polar surface area (TPSA) is 106 Å². The van der Waals surface area contributed by atoms with Crippen LogP contribution in [0.25, 0.3) is 11.3 Å². The molecule has 0 spiro atoms. The molecule has 10 heteroatoms. The van der Waals surface area contributed by atoms with E-state index in [1.807, 2.05) is 30.3 Å². The smallest absolute Gasteiger partial charge is 0.244 e.